The summed E-state index contributed by atoms with van der Waals surface area (Å²) in [6, 6.07) is 13.6. The van der Waals surface area contributed by atoms with Gasteiger partial charge in [0, 0.05) is 6.61 Å². The smallest absolute Gasteiger partial charge is 0.140 e. The summed E-state index contributed by atoms with van der Waals surface area (Å²) in [7, 11) is 0. The molecule has 0 heterocycles. The highest BCUT2D eigenvalue weighted by molar-refractivity contribution is 5.83. The molecule has 0 radical (unpaired) electrons. The van der Waals surface area contributed by atoms with Crippen LogP contribution in [0.25, 0.3) is 10.8 Å². The van der Waals surface area contributed by atoms with Crippen molar-refractivity contribution in [3.8, 4) is 0 Å². The molecule has 0 spiro atoms. The molecule has 2 aromatic carbocycles. The van der Waals surface area contributed by atoms with Crippen molar-refractivity contribution in [3.05, 3.63) is 52.9 Å². The van der Waals surface area contributed by atoms with Crippen molar-refractivity contribution in [2.24, 2.45) is 5.18 Å². The van der Waals surface area contributed by atoms with E-state index in [0.717, 1.165) is 16.3 Å². The molecule has 0 aliphatic carbocycles. The van der Waals surface area contributed by atoms with Gasteiger partial charge in [-0.15, -0.1) is 0 Å². The van der Waals surface area contributed by atoms with E-state index >= 15 is 0 Å². The number of ether oxygens (including phenoxy) is 1. The molecule has 0 aliphatic heterocycles. The minimum atomic E-state index is -0.417. The summed E-state index contributed by atoms with van der Waals surface area (Å²) in [5, 5.41) is 5.41. The Morgan fingerprint density at radius 2 is 1.94 bits per heavy atom. The summed E-state index contributed by atoms with van der Waals surface area (Å²) < 4.78 is 5.26. The van der Waals surface area contributed by atoms with E-state index in [1.807, 2.05) is 49.4 Å². The third-order valence-corrected chi connectivity index (χ3v) is 2.77. The van der Waals surface area contributed by atoms with Gasteiger partial charge in [-0.3, -0.25) is 0 Å². The predicted octanol–water partition coefficient (Wildman–Crippen LogP) is 3.68. The van der Waals surface area contributed by atoms with E-state index in [9.17, 15) is 4.91 Å². The van der Waals surface area contributed by atoms with Crippen molar-refractivity contribution in [3.63, 3.8) is 0 Å². The van der Waals surface area contributed by atoms with Crippen LogP contribution in [0.4, 0.5) is 0 Å². The van der Waals surface area contributed by atoms with Crippen molar-refractivity contribution >= 4 is 10.8 Å². The summed E-state index contributed by atoms with van der Waals surface area (Å²) in [4.78, 5) is 10.8. The molecule has 3 heteroatoms. The third kappa shape index (κ3) is 2.68. The summed E-state index contributed by atoms with van der Waals surface area (Å²) >= 11 is 0. The van der Waals surface area contributed by atoms with Crippen LogP contribution in [-0.2, 0) is 4.74 Å². The van der Waals surface area contributed by atoms with Gasteiger partial charge in [-0.1, -0.05) is 41.6 Å². The molecule has 1 unspecified atom stereocenters. The molecule has 0 fully saturated rings. The fourth-order valence-corrected chi connectivity index (χ4v) is 1.83. The van der Waals surface area contributed by atoms with Crippen molar-refractivity contribution in [1.29, 1.82) is 0 Å². The number of rotatable bonds is 5. The van der Waals surface area contributed by atoms with Crippen LogP contribution < -0.4 is 0 Å². The Morgan fingerprint density at radius 3 is 2.65 bits per heavy atom. The molecule has 88 valence electrons. The highest BCUT2D eigenvalue weighted by Crippen LogP contribution is 2.22. The Kier molecular flexibility index (Phi) is 3.83. The van der Waals surface area contributed by atoms with Crippen LogP contribution in [-0.4, -0.2) is 13.2 Å². The van der Waals surface area contributed by atoms with Crippen molar-refractivity contribution in [2.75, 3.05) is 13.2 Å². The Labute approximate surface area is 100 Å². The fraction of sp³-hybridized carbons (Fsp3) is 0.286. The van der Waals surface area contributed by atoms with Crippen molar-refractivity contribution < 1.29 is 4.74 Å². The van der Waals surface area contributed by atoms with Gasteiger partial charge in [0.1, 0.15) is 6.04 Å². The minimum Gasteiger partial charge on any atom is -0.379 e. The molecule has 1 atom stereocenters. The van der Waals surface area contributed by atoms with Gasteiger partial charge in [0.25, 0.3) is 0 Å². The quantitative estimate of drug-likeness (QED) is 0.733. The van der Waals surface area contributed by atoms with Crippen LogP contribution in [0, 0.1) is 4.91 Å². The first-order valence-electron chi connectivity index (χ1n) is 5.74. The van der Waals surface area contributed by atoms with E-state index in [-0.39, 0.29) is 0 Å². The lowest BCUT2D eigenvalue weighted by Crippen LogP contribution is -2.05. The molecular formula is C14H15NO2. The first kappa shape index (κ1) is 11.7. The lowest BCUT2D eigenvalue weighted by Gasteiger charge is -2.10. The molecule has 0 saturated heterocycles. The van der Waals surface area contributed by atoms with Crippen LogP contribution in [0.3, 0.4) is 0 Å². The number of hydrogen-bond donors (Lipinski definition) is 0. The van der Waals surface area contributed by atoms with Gasteiger partial charge in [0.15, 0.2) is 0 Å². The number of hydrogen-bond acceptors (Lipinski definition) is 3. The highest BCUT2D eigenvalue weighted by Gasteiger charge is 2.12. The second kappa shape index (κ2) is 5.55. The van der Waals surface area contributed by atoms with Crippen LogP contribution in [0.2, 0.25) is 0 Å². The van der Waals surface area contributed by atoms with Gasteiger partial charge in [-0.25, -0.2) is 0 Å². The van der Waals surface area contributed by atoms with E-state index < -0.39 is 6.04 Å². The zero-order chi connectivity index (χ0) is 12.1. The van der Waals surface area contributed by atoms with Crippen molar-refractivity contribution in [1.82, 2.24) is 0 Å². The molecule has 3 nitrogen and oxygen atoms in total. The average molecular weight is 229 g/mol. The lowest BCUT2D eigenvalue weighted by atomic mass is 10.0. The Hall–Kier alpha value is -1.74. The SMILES string of the molecule is CCOCC(N=O)c1ccc2ccccc2c1. The second-order valence-corrected chi connectivity index (χ2v) is 3.89. The van der Waals surface area contributed by atoms with Gasteiger partial charge in [0.2, 0.25) is 0 Å². The average Bonchev–Trinajstić information content (AvgIpc) is 2.39. The van der Waals surface area contributed by atoms with E-state index in [1.54, 1.807) is 0 Å². The van der Waals surface area contributed by atoms with E-state index in [0.29, 0.717) is 13.2 Å². The minimum absolute atomic E-state index is 0.346. The third-order valence-electron chi connectivity index (χ3n) is 2.77. The summed E-state index contributed by atoms with van der Waals surface area (Å²) in [5.74, 6) is 0. The molecule has 0 aliphatic rings. The standard InChI is InChI=1S/C14H15NO2/c1-2-17-10-14(15-16)13-8-7-11-5-3-4-6-12(11)9-13/h3-9,14H,2,10H2,1H3. The molecule has 0 N–H and O–H groups in total. The zero-order valence-corrected chi connectivity index (χ0v) is 9.80. The first-order valence-corrected chi connectivity index (χ1v) is 5.74. The maximum atomic E-state index is 10.8. The van der Waals surface area contributed by atoms with Gasteiger partial charge in [0.05, 0.1) is 6.61 Å². The van der Waals surface area contributed by atoms with Crippen LogP contribution in [0.1, 0.15) is 18.5 Å². The number of benzene rings is 2. The van der Waals surface area contributed by atoms with Gasteiger partial charge in [-0.2, -0.15) is 4.91 Å². The topological polar surface area (TPSA) is 38.7 Å². The van der Waals surface area contributed by atoms with Gasteiger partial charge in [-0.05, 0) is 29.3 Å². The molecule has 0 bridgehead atoms. The highest BCUT2D eigenvalue weighted by atomic mass is 16.5. The normalized spacial score (nSPS) is 12.5. The monoisotopic (exact) mass is 229 g/mol. The Balaban J connectivity index is 2.30. The van der Waals surface area contributed by atoms with E-state index in [1.165, 1.54) is 0 Å². The molecule has 2 rings (SSSR count). The number of nitrogens with zero attached hydrogens (tertiary/aromatic N) is 1. The zero-order valence-electron chi connectivity index (χ0n) is 9.80. The van der Waals surface area contributed by atoms with Crippen LogP contribution in [0.15, 0.2) is 47.6 Å². The summed E-state index contributed by atoms with van der Waals surface area (Å²) in [5.41, 5.74) is 0.909. The van der Waals surface area contributed by atoms with E-state index in [2.05, 4.69) is 5.18 Å². The maximum Gasteiger partial charge on any atom is 0.140 e. The Bertz CT molecular complexity index is 510. The van der Waals surface area contributed by atoms with Crippen molar-refractivity contribution in [2.45, 2.75) is 13.0 Å². The van der Waals surface area contributed by atoms with Gasteiger partial charge < -0.3 is 4.74 Å². The van der Waals surface area contributed by atoms with Crippen LogP contribution in [0.5, 0.6) is 0 Å². The first-order chi connectivity index (χ1) is 8.35. The number of fused-ring (bicyclic) bond motifs is 1. The molecular weight excluding hydrogens is 214 g/mol. The van der Waals surface area contributed by atoms with E-state index in [4.69, 9.17) is 4.74 Å². The molecule has 0 aromatic heterocycles. The largest absolute Gasteiger partial charge is 0.379 e. The summed E-state index contributed by atoms with van der Waals surface area (Å²) in [6.07, 6.45) is 0. The predicted molar refractivity (Wildman–Crippen MR) is 69.0 cm³/mol. The fourth-order valence-electron chi connectivity index (χ4n) is 1.83. The maximum absolute atomic E-state index is 10.8. The Morgan fingerprint density at radius 1 is 1.18 bits per heavy atom. The summed E-state index contributed by atoms with van der Waals surface area (Å²) in [6.45, 7) is 2.85. The van der Waals surface area contributed by atoms with Gasteiger partial charge >= 0.3 is 0 Å². The molecule has 0 amide bonds. The molecule has 2 aromatic rings. The molecule has 0 saturated carbocycles. The second-order valence-electron chi connectivity index (χ2n) is 3.89. The van der Waals surface area contributed by atoms with Crippen LogP contribution >= 0.6 is 0 Å². The molecule has 17 heavy (non-hydrogen) atoms. The lowest BCUT2D eigenvalue weighted by molar-refractivity contribution is 0.133. The number of nitroso groups, excluding NO2 is 1.